The molecule has 2 aromatic rings. The van der Waals surface area contributed by atoms with Crippen LogP contribution in [0.4, 0.5) is 19.3 Å². The monoisotopic (exact) mass is 525 g/mol. The highest BCUT2D eigenvalue weighted by Crippen LogP contribution is 2.51. The third kappa shape index (κ3) is 5.61. The van der Waals surface area contributed by atoms with E-state index in [1.54, 1.807) is 0 Å². The largest absolute Gasteiger partial charge is 0.326 e. The fraction of sp³-hybridized carbons (Fsp3) is 0.440. The Morgan fingerprint density at radius 1 is 1.11 bits per heavy atom. The van der Waals surface area contributed by atoms with Gasteiger partial charge in [0, 0.05) is 17.3 Å². The maximum absolute atomic E-state index is 13.8. The van der Waals surface area contributed by atoms with Crippen molar-refractivity contribution < 1.29 is 23.2 Å². The standard InChI is InChI=1S/C25H27Cl2F2N3O3/c1-12(2)15-8-7-13(3)9-20(15)32-24(35-32)21-16(26)10-14(11-17(21)27)30-25(34)31-23(33)22-18(28)5-4-6-19(22)29/h4-6,10-13,15,20,24H,7-9H2,1-3H3,(H2,30,31,33,34). The molecule has 2 fully saturated rings. The van der Waals surface area contributed by atoms with Gasteiger partial charge in [0.1, 0.15) is 17.2 Å². The summed E-state index contributed by atoms with van der Waals surface area (Å²) >= 11 is 13.0. The van der Waals surface area contributed by atoms with E-state index in [0.717, 1.165) is 31.0 Å². The van der Waals surface area contributed by atoms with Crippen LogP contribution >= 0.6 is 23.2 Å². The number of carbonyl (C=O) groups excluding carboxylic acids is 2. The predicted molar refractivity (Wildman–Crippen MR) is 130 cm³/mol. The molecule has 188 valence electrons. The summed E-state index contributed by atoms with van der Waals surface area (Å²) in [5.74, 6) is -1.73. The zero-order chi connectivity index (χ0) is 25.4. The van der Waals surface area contributed by atoms with Gasteiger partial charge in [-0.3, -0.25) is 14.9 Å². The van der Waals surface area contributed by atoms with Crippen LogP contribution in [0.3, 0.4) is 0 Å². The van der Waals surface area contributed by atoms with Crippen molar-refractivity contribution in [2.24, 2.45) is 17.8 Å². The Hall–Kier alpha value is -2.26. The number of anilines is 1. The Morgan fingerprint density at radius 3 is 2.34 bits per heavy atom. The Labute approximate surface area is 212 Å². The maximum Gasteiger partial charge on any atom is 0.326 e. The lowest BCUT2D eigenvalue weighted by atomic mass is 9.74. The Kier molecular flexibility index (Phi) is 7.66. The average Bonchev–Trinajstić information content (AvgIpc) is 3.52. The molecule has 2 N–H and O–H groups in total. The van der Waals surface area contributed by atoms with Gasteiger partial charge in [-0.2, -0.15) is 0 Å². The predicted octanol–water partition coefficient (Wildman–Crippen LogP) is 6.94. The molecule has 5 atom stereocenters. The fourth-order valence-electron chi connectivity index (χ4n) is 4.90. The first-order chi connectivity index (χ1) is 16.6. The Morgan fingerprint density at radius 2 is 1.74 bits per heavy atom. The number of carbonyl (C=O) groups is 2. The van der Waals surface area contributed by atoms with E-state index in [-0.39, 0.29) is 28.0 Å². The van der Waals surface area contributed by atoms with E-state index in [1.165, 1.54) is 18.6 Å². The third-order valence-electron chi connectivity index (χ3n) is 6.72. The van der Waals surface area contributed by atoms with Gasteiger partial charge in [-0.15, -0.1) is 5.06 Å². The van der Waals surface area contributed by atoms with Crippen LogP contribution in [0, 0.1) is 29.4 Å². The molecule has 0 radical (unpaired) electrons. The van der Waals surface area contributed by atoms with E-state index in [2.05, 4.69) is 26.1 Å². The van der Waals surface area contributed by atoms with Crippen LogP contribution in [0.15, 0.2) is 30.3 Å². The van der Waals surface area contributed by atoms with Crippen LogP contribution < -0.4 is 10.6 Å². The number of hydrogen-bond donors (Lipinski definition) is 2. The number of amides is 3. The van der Waals surface area contributed by atoms with Crippen LogP contribution in [0.25, 0.3) is 0 Å². The van der Waals surface area contributed by atoms with Crippen molar-refractivity contribution in [1.82, 2.24) is 10.4 Å². The van der Waals surface area contributed by atoms with Crippen molar-refractivity contribution in [3.63, 3.8) is 0 Å². The molecule has 0 bridgehead atoms. The van der Waals surface area contributed by atoms with Crippen LogP contribution in [-0.2, 0) is 4.84 Å². The highest BCUT2D eigenvalue weighted by molar-refractivity contribution is 6.36. The van der Waals surface area contributed by atoms with Gasteiger partial charge in [-0.25, -0.2) is 13.6 Å². The summed E-state index contributed by atoms with van der Waals surface area (Å²) in [4.78, 5) is 30.3. The lowest BCUT2D eigenvalue weighted by Gasteiger charge is -2.37. The topological polar surface area (TPSA) is 73.7 Å². The van der Waals surface area contributed by atoms with Crippen LogP contribution in [0.2, 0.25) is 10.0 Å². The van der Waals surface area contributed by atoms with Gasteiger partial charge in [0.05, 0.1) is 10.0 Å². The summed E-state index contributed by atoms with van der Waals surface area (Å²) in [5, 5.41) is 6.85. The second-order valence-electron chi connectivity index (χ2n) is 9.57. The van der Waals surface area contributed by atoms with Gasteiger partial charge in [-0.05, 0) is 54.9 Å². The van der Waals surface area contributed by atoms with E-state index in [1.807, 2.05) is 10.4 Å². The van der Waals surface area contributed by atoms with E-state index >= 15 is 0 Å². The summed E-state index contributed by atoms with van der Waals surface area (Å²) in [7, 11) is 0. The molecule has 6 nitrogen and oxygen atoms in total. The number of hydroxylamine groups is 2. The van der Waals surface area contributed by atoms with Gasteiger partial charge in [0.2, 0.25) is 0 Å². The van der Waals surface area contributed by atoms with Crippen molar-refractivity contribution in [2.75, 3.05) is 5.32 Å². The SMILES string of the molecule is CC1CCC(C(C)C)C(N2OC2c2c(Cl)cc(NC(=O)NC(=O)c3c(F)cccc3F)cc2Cl)C1. The number of halogens is 4. The van der Waals surface area contributed by atoms with E-state index < -0.39 is 29.1 Å². The Bertz CT molecular complexity index is 1100. The molecule has 3 amide bonds. The fourth-order valence-corrected chi connectivity index (χ4v) is 5.57. The molecule has 2 aliphatic rings. The molecule has 35 heavy (non-hydrogen) atoms. The molecule has 2 aromatic carbocycles. The molecular weight excluding hydrogens is 499 g/mol. The van der Waals surface area contributed by atoms with Gasteiger partial charge in [0.25, 0.3) is 5.91 Å². The number of rotatable bonds is 5. The van der Waals surface area contributed by atoms with Crippen molar-refractivity contribution >= 4 is 40.8 Å². The number of hydrogen-bond acceptors (Lipinski definition) is 4. The lowest BCUT2D eigenvalue weighted by Crippen LogP contribution is -2.37. The zero-order valence-electron chi connectivity index (χ0n) is 19.6. The van der Waals surface area contributed by atoms with E-state index in [0.29, 0.717) is 23.3 Å². The van der Waals surface area contributed by atoms with Crippen molar-refractivity contribution in [3.8, 4) is 0 Å². The Balaban J connectivity index is 1.44. The maximum atomic E-state index is 13.8. The molecule has 4 rings (SSSR count). The minimum absolute atomic E-state index is 0.210. The van der Waals surface area contributed by atoms with E-state index in [9.17, 15) is 18.4 Å². The number of nitrogens with zero attached hydrogens (tertiary/aromatic N) is 1. The summed E-state index contributed by atoms with van der Waals surface area (Å²) in [6, 6.07) is 5.22. The average molecular weight is 526 g/mol. The van der Waals surface area contributed by atoms with Gasteiger partial charge in [-0.1, -0.05) is 56.5 Å². The molecule has 1 saturated carbocycles. The van der Waals surface area contributed by atoms with Gasteiger partial charge in [0.15, 0.2) is 6.23 Å². The summed E-state index contributed by atoms with van der Waals surface area (Å²) in [6.45, 7) is 6.70. The quantitative estimate of drug-likeness (QED) is 0.414. The first-order valence-corrected chi connectivity index (χ1v) is 12.3. The van der Waals surface area contributed by atoms with Gasteiger partial charge >= 0.3 is 6.03 Å². The third-order valence-corrected chi connectivity index (χ3v) is 7.35. The highest BCUT2D eigenvalue weighted by Gasteiger charge is 2.50. The zero-order valence-corrected chi connectivity index (χ0v) is 21.1. The summed E-state index contributed by atoms with van der Waals surface area (Å²) in [5.41, 5.74) is -0.0390. The first-order valence-electron chi connectivity index (χ1n) is 11.6. The molecule has 0 aromatic heterocycles. The highest BCUT2D eigenvalue weighted by atomic mass is 35.5. The minimum atomic E-state index is -1.21. The van der Waals surface area contributed by atoms with Crippen LogP contribution in [0.5, 0.6) is 0 Å². The van der Waals surface area contributed by atoms with Crippen LogP contribution in [0.1, 0.15) is 62.2 Å². The smallest absolute Gasteiger partial charge is 0.308 e. The second-order valence-corrected chi connectivity index (χ2v) is 10.4. The number of imide groups is 1. The summed E-state index contributed by atoms with van der Waals surface area (Å²) in [6.07, 6.45) is 3.00. The number of urea groups is 1. The summed E-state index contributed by atoms with van der Waals surface area (Å²) < 4.78 is 27.6. The number of benzene rings is 2. The first kappa shape index (κ1) is 25.8. The molecule has 0 spiro atoms. The second kappa shape index (κ2) is 10.4. The van der Waals surface area contributed by atoms with Crippen molar-refractivity contribution in [3.05, 3.63) is 63.1 Å². The van der Waals surface area contributed by atoms with Gasteiger partial charge < -0.3 is 5.32 Å². The normalized spacial score (nSPS) is 25.9. The molecule has 10 heteroatoms. The minimum Gasteiger partial charge on any atom is -0.308 e. The molecule has 5 unspecified atom stereocenters. The van der Waals surface area contributed by atoms with Crippen molar-refractivity contribution in [1.29, 1.82) is 0 Å². The van der Waals surface area contributed by atoms with Crippen LogP contribution in [-0.4, -0.2) is 23.0 Å². The number of nitrogens with one attached hydrogen (secondary N) is 2. The van der Waals surface area contributed by atoms with E-state index in [4.69, 9.17) is 28.0 Å². The molecule has 1 heterocycles. The lowest BCUT2D eigenvalue weighted by molar-refractivity contribution is 0.0435. The molecule has 1 aliphatic heterocycles. The molecule has 1 aliphatic carbocycles. The molecular formula is C25H27Cl2F2N3O3. The molecule has 1 saturated heterocycles. The van der Waals surface area contributed by atoms with Crippen molar-refractivity contribution in [2.45, 2.75) is 52.3 Å².